The Hall–Kier alpha value is -1.66. The molecule has 0 fully saturated rings. The molecule has 0 aliphatic heterocycles. The van der Waals surface area contributed by atoms with Crippen molar-refractivity contribution in [2.75, 3.05) is 14.2 Å². The third-order valence-corrected chi connectivity index (χ3v) is 3.73. The van der Waals surface area contributed by atoms with E-state index >= 15 is 0 Å². The molecule has 7 heteroatoms. The highest BCUT2D eigenvalue weighted by molar-refractivity contribution is 6.31. The van der Waals surface area contributed by atoms with Gasteiger partial charge < -0.3 is 10.1 Å². The van der Waals surface area contributed by atoms with Gasteiger partial charge in [-0.3, -0.25) is 4.68 Å². The summed E-state index contributed by atoms with van der Waals surface area (Å²) in [6.07, 6.45) is 0.688. The summed E-state index contributed by atoms with van der Waals surface area (Å²) in [5.41, 5.74) is 2.64. The zero-order valence-corrected chi connectivity index (χ0v) is 12.8. The fourth-order valence-electron chi connectivity index (χ4n) is 2.07. The van der Waals surface area contributed by atoms with Crippen LogP contribution in [0.15, 0.2) is 12.1 Å². The molecule has 2 rings (SSSR count). The molecular weight excluding hydrogens is 278 g/mol. The number of likely N-dealkylation sites (N-methyl/N-ethyl adjacent to an activating group) is 1. The Kier molecular flexibility index (Phi) is 4.57. The van der Waals surface area contributed by atoms with E-state index < -0.39 is 0 Å². The molecule has 6 nitrogen and oxygen atoms in total. The molecule has 2 heterocycles. The molecule has 0 amide bonds. The number of hydrogen-bond acceptors (Lipinski definition) is 5. The van der Waals surface area contributed by atoms with Crippen molar-refractivity contribution in [2.45, 2.75) is 19.4 Å². The van der Waals surface area contributed by atoms with Gasteiger partial charge in [-0.15, -0.1) is 5.10 Å². The van der Waals surface area contributed by atoms with E-state index in [1.807, 2.05) is 27.1 Å². The summed E-state index contributed by atoms with van der Waals surface area (Å²) in [5.74, 6) is 0.498. The topological polar surface area (TPSA) is 64.9 Å². The van der Waals surface area contributed by atoms with Crippen LogP contribution in [0.1, 0.15) is 23.1 Å². The predicted molar refractivity (Wildman–Crippen MR) is 77.0 cm³/mol. The van der Waals surface area contributed by atoms with Gasteiger partial charge in [0.15, 0.2) is 0 Å². The molecule has 0 radical (unpaired) electrons. The van der Waals surface area contributed by atoms with Gasteiger partial charge in [0.05, 0.1) is 35.3 Å². The molecule has 0 saturated carbocycles. The maximum Gasteiger partial charge on any atom is 0.233 e. The summed E-state index contributed by atoms with van der Waals surface area (Å²) in [6.45, 7) is 1.90. The average Bonchev–Trinajstić information content (AvgIpc) is 2.70. The van der Waals surface area contributed by atoms with Gasteiger partial charge in [-0.05, 0) is 20.0 Å². The second-order valence-electron chi connectivity index (χ2n) is 4.52. The van der Waals surface area contributed by atoms with Crippen LogP contribution in [0.25, 0.3) is 0 Å². The number of ether oxygens (including phenoxy) is 1. The zero-order valence-electron chi connectivity index (χ0n) is 12.0. The number of hydrogen-bond donors (Lipinski definition) is 1. The van der Waals surface area contributed by atoms with Crippen molar-refractivity contribution >= 4 is 11.6 Å². The predicted octanol–water partition coefficient (Wildman–Crippen LogP) is 1.68. The molecule has 0 saturated heterocycles. The monoisotopic (exact) mass is 295 g/mol. The van der Waals surface area contributed by atoms with Crippen LogP contribution in [0.5, 0.6) is 5.88 Å². The lowest BCUT2D eigenvalue weighted by atomic mass is 10.1. The van der Waals surface area contributed by atoms with Crippen molar-refractivity contribution in [1.82, 2.24) is 25.3 Å². The van der Waals surface area contributed by atoms with E-state index in [-0.39, 0.29) is 6.04 Å². The number of rotatable bonds is 5. The fourth-order valence-corrected chi connectivity index (χ4v) is 2.31. The highest BCUT2D eigenvalue weighted by Gasteiger charge is 2.18. The fraction of sp³-hybridized carbons (Fsp3) is 0.462. The van der Waals surface area contributed by atoms with E-state index in [0.29, 0.717) is 17.3 Å². The van der Waals surface area contributed by atoms with Gasteiger partial charge >= 0.3 is 0 Å². The lowest BCUT2D eigenvalue weighted by Gasteiger charge is -2.15. The van der Waals surface area contributed by atoms with Gasteiger partial charge in [0.25, 0.3) is 0 Å². The minimum absolute atomic E-state index is 0.0145. The van der Waals surface area contributed by atoms with E-state index in [2.05, 4.69) is 20.6 Å². The summed E-state index contributed by atoms with van der Waals surface area (Å²) < 4.78 is 6.82. The van der Waals surface area contributed by atoms with E-state index in [1.165, 1.54) is 0 Å². The number of aromatic nitrogens is 4. The van der Waals surface area contributed by atoms with E-state index in [4.69, 9.17) is 16.3 Å². The van der Waals surface area contributed by atoms with Crippen LogP contribution in [0.4, 0.5) is 0 Å². The van der Waals surface area contributed by atoms with Crippen molar-refractivity contribution in [3.05, 3.63) is 34.2 Å². The number of methoxy groups -OCH3 is 1. The van der Waals surface area contributed by atoms with E-state index in [9.17, 15) is 0 Å². The summed E-state index contributed by atoms with van der Waals surface area (Å²) in [5, 5.41) is 16.4. The Bertz CT molecular complexity index is 581. The molecule has 0 aromatic carbocycles. The van der Waals surface area contributed by atoms with Crippen molar-refractivity contribution in [2.24, 2.45) is 7.05 Å². The van der Waals surface area contributed by atoms with Crippen LogP contribution < -0.4 is 10.1 Å². The number of halogens is 1. The van der Waals surface area contributed by atoms with Gasteiger partial charge in [0.1, 0.15) is 0 Å². The third-order valence-electron chi connectivity index (χ3n) is 3.23. The van der Waals surface area contributed by atoms with Crippen LogP contribution in [-0.4, -0.2) is 34.1 Å². The Morgan fingerprint density at radius 2 is 2.15 bits per heavy atom. The minimum atomic E-state index is 0.0145. The first-order valence-corrected chi connectivity index (χ1v) is 6.67. The lowest BCUT2D eigenvalue weighted by Crippen LogP contribution is -2.21. The first-order valence-electron chi connectivity index (χ1n) is 6.29. The molecule has 0 aliphatic carbocycles. The standard InChI is InChI=1S/C13H18ClN5O/c1-8-13(14)11(19(3)18-8)7-10(15-2)9-5-6-12(20-4)17-16-9/h5-6,10,15H,7H2,1-4H3. The van der Waals surface area contributed by atoms with Crippen LogP contribution in [-0.2, 0) is 13.5 Å². The average molecular weight is 296 g/mol. The SMILES string of the molecule is CNC(Cc1c(Cl)c(C)nn1C)c1ccc(OC)nn1. The second kappa shape index (κ2) is 6.19. The molecule has 1 atom stereocenters. The van der Waals surface area contributed by atoms with Crippen LogP contribution in [0.2, 0.25) is 5.02 Å². The molecule has 2 aromatic heterocycles. The Labute approximate surface area is 123 Å². The molecule has 2 aromatic rings. The van der Waals surface area contributed by atoms with Crippen LogP contribution in [0.3, 0.4) is 0 Å². The lowest BCUT2D eigenvalue weighted by molar-refractivity contribution is 0.389. The molecule has 20 heavy (non-hydrogen) atoms. The van der Waals surface area contributed by atoms with Gasteiger partial charge in [-0.2, -0.15) is 10.2 Å². The number of nitrogens with one attached hydrogen (secondary N) is 1. The van der Waals surface area contributed by atoms with Crippen molar-refractivity contribution in [3.8, 4) is 5.88 Å². The Morgan fingerprint density at radius 3 is 2.60 bits per heavy atom. The summed E-state index contributed by atoms with van der Waals surface area (Å²) >= 11 is 6.28. The molecule has 0 aliphatic rings. The first-order chi connectivity index (χ1) is 9.56. The maximum absolute atomic E-state index is 6.28. The molecule has 1 unspecified atom stereocenters. The van der Waals surface area contributed by atoms with E-state index in [0.717, 1.165) is 17.1 Å². The molecule has 1 N–H and O–H groups in total. The summed E-state index contributed by atoms with van der Waals surface area (Å²) in [7, 11) is 5.34. The number of aryl methyl sites for hydroxylation is 2. The van der Waals surface area contributed by atoms with Crippen LogP contribution >= 0.6 is 11.6 Å². The zero-order chi connectivity index (χ0) is 14.7. The molecule has 0 bridgehead atoms. The Balaban J connectivity index is 2.23. The Morgan fingerprint density at radius 1 is 1.40 bits per heavy atom. The number of nitrogens with zero attached hydrogens (tertiary/aromatic N) is 4. The first kappa shape index (κ1) is 14.7. The smallest absolute Gasteiger partial charge is 0.233 e. The molecular formula is C13H18ClN5O. The van der Waals surface area contributed by atoms with Crippen molar-refractivity contribution < 1.29 is 4.74 Å². The third kappa shape index (κ3) is 2.91. The van der Waals surface area contributed by atoms with Gasteiger partial charge in [0.2, 0.25) is 5.88 Å². The van der Waals surface area contributed by atoms with Crippen molar-refractivity contribution in [1.29, 1.82) is 0 Å². The molecule has 108 valence electrons. The largest absolute Gasteiger partial charge is 0.480 e. The summed E-state index contributed by atoms with van der Waals surface area (Å²) in [4.78, 5) is 0. The van der Waals surface area contributed by atoms with Gasteiger partial charge in [-0.1, -0.05) is 11.6 Å². The molecule has 0 spiro atoms. The second-order valence-corrected chi connectivity index (χ2v) is 4.89. The maximum atomic E-state index is 6.28. The van der Waals surface area contributed by atoms with Gasteiger partial charge in [-0.25, -0.2) is 0 Å². The van der Waals surface area contributed by atoms with E-state index in [1.54, 1.807) is 17.9 Å². The normalized spacial score (nSPS) is 12.4. The minimum Gasteiger partial charge on any atom is -0.480 e. The summed E-state index contributed by atoms with van der Waals surface area (Å²) in [6, 6.07) is 3.70. The van der Waals surface area contributed by atoms with Crippen molar-refractivity contribution in [3.63, 3.8) is 0 Å². The highest BCUT2D eigenvalue weighted by atomic mass is 35.5. The van der Waals surface area contributed by atoms with Crippen LogP contribution in [0, 0.1) is 6.92 Å². The van der Waals surface area contributed by atoms with Gasteiger partial charge in [0, 0.05) is 19.5 Å². The quantitative estimate of drug-likeness (QED) is 0.909. The highest BCUT2D eigenvalue weighted by Crippen LogP contribution is 2.24.